The van der Waals surface area contributed by atoms with Gasteiger partial charge in [-0.25, -0.2) is 4.79 Å². The Morgan fingerprint density at radius 1 is 1.04 bits per heavy atom. The third-order valence-electron chi connectivity index (χ3n) is 4.15. The zero-order valence-corrected chi connectivity index (χ0v) is 14.6. The SMILES string of the molecule is NCC(N)C(=O)OCC1c2ccccc2-c2ccccc21.O=C(O)C(F)(F)F. The van der Waals surface area contributed by atoms with E-state index in [0.717, 1.165) is 0 Å². The molecule has 0 aliphatic heterocycles. The molecule has 3 rings (SSSR count). The number of benzene rings is 2. The Hall–Kier alpha value is -2.91. The number of carboxylic acid groups (broad SMARTS) is 1. The van der Waals surface area contributed by atoms with Crippen molar-refractivity contribution < 1.29 is 32.6 Å². The Labute approximate surface area is 158 Å². The Morgan fingerprint density at radius 3 is 1.86 bits per heavy atom. The zero-order chi connectivity index (χ0) is 20.9. The summed E-state index contributed by atoms with van der Waals surface area (Å²) < 4.78 is 37.1. The summed E-state index contributed by atoms with van der Waals surface area (Å²) in [6.45, 7) is 0.386. The van der Waals surface area contributed by atoms with Crippen LogP contribution in [0.25, 0.3) is 11.1 Å². The van der Waals surface area contributed by atoms with Crippen LogP contribution in [0.4, 0.5) is 13.2 Å². The van der Waals surface area contributed by atoms with Crippen LogP contribution >= 0.6 is 0 Å². The second-order valence-electron chi connectivity index (χ2n) is 6.00. The van der Waals surface area contributed by atoms with Crippen molar-refractivity contribution >= 4 is 11.9 Å². The van der Waals surface area contributed by atoms with Gasteiger partial charge in [0.25, 0.3) is 0 Å². The summed E-state index contributed by atoms with van der Waals surface area (Å²) in [5.41, 5.74) is 15.8. The van der Waals surface area contributed by atoms with Gasteiger partial charge in [-0.15, -0.1) is 0 Å². The van der Waals surface area contributed by atoms with Gasteiger partial charge in [-0.3, -0.25) is 4.79 Å². The van der Waals surface area contributed by atoms with Crippen LogP contribution in [0.2, 0.25) is 0 Å². The summed E-state index contributed by atoms with van der Waals surface area (Å²) in [5, 5.41) is 7.12. The molecule has 1 aliphatic carbocycles. The van der Waals surface area contributed by atoms with Crippen molar-refractivity contribution in [2.75, 3.05) is 13.2 Å². The predicted molar refractivity (Wildman–Crippen MR) is 95.4 cm³/mol. The number of fused-ring (bicyclic) bond motifs is 3. The van der Waals surface area contributed by atoms with E-state index in [1.54, 1.807) is 0 Å². The van der Waals surface area contributed by atoms with Crippen molar-refractivity contribution in [3.8, 4) is 11.1 Å². The van der Waals surface area contributed by atoms with E-state index in [0.29, 0.717) is 6.61 Å². The second kappa shape index (κ2) is 8.85. The molecule has 0 amide bonds. The van der Waals surface area contributed by atoms with Crippen LogP contribution in [0.5, 0.6) is 0 Å². The lowest BCUT2D eigenvalue weighted by atomic mass is 9.98. The lowest BCUT2D eigenvalue weighted by Gasteiger charge is -2.15. The van der Waals surface area contributed by atoms with Crippen LogP contribution in [0.3, 0.4) is 0 Å². The fourth-order valence-corrected chi connectivity index (χ4v) is 2.81. The lowest BCUT2D eigenvalue weighted by molar-refractivity contribution is -0.192. The maximum atomic E-state index is 11.7. The maximum Gasteiger partial charge on any atom is 0.490 e. The Kier molecular flexibility index (Phi) is 6.76. The van der Waals surface area contributed by atoms with E-state index in [1.165, 1.54) is 22.3 Å². The van der Waals surface area contributed by atoms with Gasteiger partial charge >= 0.3 is 18.1 Å². The van der Waals surface area contributed by atoms with E-state index >= 15 is 0 Å². The first-order valence-electron chi connectivity index (χ1n) is 8.27. The Balaban J connectivity index is 0.000000345. The van der Waals surface area contributed by atoms with Gasteiger partial charge in [-0.05, 0) is 22.3 Å². The molecule has 0 heterocycles. The average molecular weight is 396 g/mol. The van der Waals surface area contributed by atoms with Crippen LogP contribution in [-0.4, -0.2) is 42.4 Å². The van der Waals surface area contributed by atoms with Gasteiger partial charge < -0.3 is 21.3 Å². The van der Waals surface area contributed by atoms with Gasteiger partial charge in [0, 0.05) is 12.5 Å². The van der Waals surface area contributed by atoms with Gasteiger partial charge in [0.05, 0.1) is 0 Å². The van der Waals surface area contributed by atoms with Crippen molar-refractivity contribution in [2.24, 2.45) is 11.5 Å². The van der Waals surface area contributed by atoms with E-state index in [9.17, 15) is 18.0 Å². The minimum absolute atomic E-state index is 0.0614. The number of halogens is 3. The van der Waals surface area contributed by atoms with E-state index in [4.69, 9.17) is 26.1 Å². The number of esters is 1. The number of hydrogen-bond acceptors (Lipinski definition) is 5. The first kappa shape index (κ1) is 21.4. The lowest BCUT2D eigenvalue weighted by Crippen LogP contribution is -2.39. The molecule has 6 nitrogen and oxygen atoms in total. The summed E-state index contributed by atoms with van der Waals surface area (Å²) in [5.74, 6) is -3.14. The molecule has 9 heteroatoms. The number of nitrogens with two attached hydrogens (primary N) is 2. The number of carbonyl (C=O) groups excluding carboxylic acids is 1. The third-order valence-corrected chi connectivity index (χ3v) is 4.15. The number of carbonyl (C=O) groups is 2. The van der Waals surface area contributed by atoms with Gasteiger partial charge in [-0.2, -0.15) is 13.2 Å². The first-order valence-corrected chi connectivity index (χ1v) is 8.27. The molecule has 28 heavy (non-hydrogen) atoms. The molecule has 2 aromatic carbocycles. The zero-order valence-electron chi connectivity index (χ0n) is 14.6. The molecule has 1 aliphatic rings. The van der Waals surface area contributed by atoms with Crippen LogP contribution in [0.15, 0.2) is 48.5 Å². The molecular weight excluding hydrogens is 377 g/mol. The summed E-state index contributed by atoms with van der Waals surface area (Å²) in [6, 6.07) is 15.7. The monoisotopic (exact) mass is 396 g/mol. The van der Waals surface area contributed by atoms with Gasteiger partial charge in [0.2, 0.25) is 0 Å². The normalized spacial score (nSPS) is 13.6. The molecule has 0 saturated heterocycles. The summed E-state index contributed by atoms with van der Waals surface area (Å²) in [6.07, 6.45) is -5.08. The molecule has 0 radical (unpaired) electrons. The average Bonchev–Trinajstić information content (AvgIpc) is 2.99. The fourth-order valence-electron chi connectivity index (χ4n) is 2.81. The molecule has 5 N–H and O–H groups in total. The third kappa shape index (κ3) is 4.87. The van der Waals surface area contributed by atoms with Crippen molar-refractivity contribution in [1.82, 2.24) is 0 Å². The minimum atomic E-state index is -5.08. The Morgan fingerprint density at radius 2 is 1.46 bits per heavy atom. The number of hydrogen-bond donors (Lipinski definition) is 3. The number of ether oxygens (including phenoxy) is 1. The molecule has 0 saturated carbocycles. The molecule has 150 valence electrons. The molecule has 2 aromatic rings. The number of rotatable bonds is 4. The first-order chi connectivity index (χ1) is 13.2. The van der Waals surface area contributed by atoms with Crippen LogP contribution in [0.1, 0.15) is 17.0 Å². The number of carboxylic acids is 1. The molecule has 0 spiro atoms. The van der Waals surface area contributed by atoms with E-state index < -0.39 is 24.2 Å². The largest absolute Gasteiger partial charge is 0.490 e. The van der Waals surface area contributed by atoms with E-state index in [2.05, 4.69) is 24.3 Å². The van der Waals surface area contributed by atoms with Crippen LogP contribution in [-0.2, 0) is 14.3 Å². The minimum Gasteiger partial charge on any atom is -0.475 e. The number of alkyl halides is 3. The van der Waals surface area contributed by atoms with Gasteiger partial charge in [-0.1, -0.05) is 48.5 Å². The van der Waals surface area contributed by atoms with E-state index in [-0.39, 0.29) is 12.5 Å². The highest BCUT2D eigenvalue weighted by Crippen LogP contribution is 2.44. The Bertz CT molecular complexity index is 810. The molecule has 1 unspecified atom stereocenters. The molecule has 0 aromatic heterocycles. The molecule has 1 atom stereocenters. The molecular formula is C19H19F3N2O4. The predicted octanol–water partition coefficient (Wildman–Crippen LogP) is 2.26. The van der Waals surface area contributed by atoms with Crippen LogP contribution in [0, 0.1) is 0 Å². The van der Waals surface area contributed by atoms with Gasteiger partial charge in [0.1, 0.15) is 12.6 Å². The highest BCUT2D eigenvalue weighted by molar-refractivity contribution is 5.79. The van der Waals surface area contributed by atoms with Crippen molar-refractivity contribution in [3.05, 3.63) is 59.7 Å². The summed E-state index contributed by atoms with van der Waals surface area (Å²) in [4.78, 5) is 20.6. The highest BCUT2D eigenvalue weighted by atomic mass is 19.4. The quantitative estimate of drug-likeness (QED) is 0.683. The van der Waals surface area contributed by atoms with Crippen molar-refractivity contribution in [2.45, 2.75) is 18.1 Å². The topological polar surface area (TPSA) is 116 Å². The maximum absolute atomic E-state index is 11.7. The van der Waals surface area contributed by atoms with Crippen molar-refractivity contribution in [1.29, 1.82) is 0 Å². The standard InChI is InChI=1S/C17H18N2O2.C2HF3O2/c18-9-16(19)17(20)21-10-15-13-7-3-1-5-11(13)12-6-2-4-8-14(12)15;3-2(4,5)1(6)7/h1-8,15-16H,9-10,18-19H2;(H,6,7). The molecule has 0 bridgehead atoms. The van der Waals surface area contributed by atoms with Crippen molar-refractivity contribution in [3.63, 3.8) is 0 Å². The highest BCUT2D eigenvalue weighted by Gasteiger charge is 2.38. The van der Waals surface area contributed by atoms with E-state index in [1.807, 2.05) is 24.3 Å². The number of aliphatic carboxylic acids is 1. The fraction of sp³-hybridized carbons (Fsp3) is 0.263. The summed E-state index contributed by atoms with van der Waals surface area (Å²) >= 11 is 0. The second-order valence-corrected chi connectivity index (χ2v) is 6.00. The smallest absolute Gasteiger partial charge is 0.475 e. The molecule has 0 fully saturated rings. The van der Waals surface area contributed by atoms with Gasteiger partial charge in [0.15, 0.2) is 0 Å². The van der Waals surface area contributed by atoms with Crippen LogP contribution < -0.4 is 11.5 Å². The summed E-state index contributed by atoms with van der Waals surface area (Å²) in [7, 11) is 0.